The lowest BCUT2D eigenvalue weighted by atomic mass is 9.74. The highest BCUT2D eigenvalue weighted by Gasteiger charge is 2.53. The van der Waals surface area contributed by atoms with Gasteiger partial charge in [0, 0.05) is 18.0 Å². The van der Waals surface area contributed by atoms with E-state index in [4.69, 9.17) is 14.0 Å². The highest BCUT2D eigenvalue weighted by molar-refractivity contribution is 6.62. The molecule has 2 aromatic rings. The molecular formula is C25H38BNO4. The molecule has 1 aliphatic heterocycles. The lowest BCUT2D eigenvalue weighted by Crippen LogP contribution is -2.41. The second-order valence-electron chi connectivity index (χ2n) is 9.50. The predicted octanol–water partition coefficient (Wildman–Crippen LogP) is 5.34. The fourth-order valence-electron chi connectivity index (χ4n) is 4.79. The van der Waals surface area contributed by atoms with Crippen molar-refractivity contribution in [2.24, 2.45) is 7.05 Å². The van der Waals surface area contributed by atoms with Crippen LogP contribution in [0.3, 0.4) is 0 Å². The second kappa shape index (κ2) is 8.99. The van der Waals surface area contributed by atoms with Gasteiger partial charge in [-0.15, -0.1) is 0 Å². The Morgan fingerprint density at radius 3 is 2.19 bits per heavy atom. The SMILES string of the molecule is CC.COC(=O)c1ccc2c(C3CCCCC3)c(B3OC(C)(C)C(C)(C)O3)n(C)c2c1. The molecule has 0 radical (unpaired) electrons. The van der Waals surface area contributed by atoms with Crippen LogP contribution in [0.5, 0.6) is 0 Å². The first-order chi connectivity index (χ1) is 14.7. The van der Waals surface area contributed by atoms with Crippen LogP contribution in [0.15, 0.2) is 18.2 Å². The van der Waals surface area contributed by atoms with Crippen molar-refractivity contribution in [3.8, 4) is 0 Å². The van der Waals surface area contributed by atoms with E-state index < -0.39 is 18.3 Å². The molecule has 1 saturated heterocycles. The summed E-state index contributed by atoms with van der Waals surface area (Å²) in [7, 11) is 3.05. The third-order valence-corrected chi connectivity index (χ3v) is 7.20. The summed E-state index contributed by atoms with van der Waals surface area (Å²) < 4.78 is 20.0. The van der Waals surface area contributed by atoms with Crippen LogP contribution in [0, 0.1) is 0 Å². The van der Waals surface area contributed by atoms with Gasteiger partial charge in [0.15, 0.2) is 0 Å². The monoisotopic (exact) mass is 427 g/mol. The minimum absolute atomic E-state index is 0.315. The summed E-state index contributed by atoms with van der Waals surface area (Å²) in [6, 6.07) is 5.87. The summed E-state index contributed by atoms with van der Waals surface area (Å²) in [5, 5.41) is 1.19. The standard InChI is InChI=1S/C23H32BNO4.C2H6/c1-22(2)23(3,4)29-24(28-22)20-19(15-10-8-7-9-11-15)17-13-12-16(21(26)27-6)14-18(17)25(20)5;1-2/h12-15H,7-11H2,1-6H3;1-2H3. The van der Waals surface area contributed by atoms with Crippen molar-refractivity contribution >= 4 is 29.6 Å². The molecule has 0 amide bonds. The van der Waals surface area contributed by atoms with Gasteiger partial charge in [-0.2, -0.15) is 0 Å². The van der Waals surface area contributed by atoms with E-state index in [1.807, 2.05) is 26.0 Å². The molecule has 170 valence electrons. The zero-order valence-electron chi connectivity index (χ0n) is 20.5. The van der Waals surface area contributed by atoms with Gasteiger partial charge in [-0.3, -0.25) is 0 Å². The fraction of sp³-hybridized carbons (Fsp3) is 0.640. The number of carbonyl (C=O) groups is 1. The largest absolute Gasteiger partial charge is 0.512 e. The second-order valence-corrected chi connectivity index (χ2v) is 9.50. The number of aryl methyl sites for hydroxylation is 1. The van der Waals surface area contributed by atoms with Gasteiger partial charge in [-0.1, -0.05) is 39.2 Å². The van der Waals surface area contributed by atoms with E-state index in [1.54, 1.807) is 0 Å². The first kappa shape index (κ1) is 23.9. The molecule has 5 nitrogen and oxygen atoms in total. The van der Waals surface area contributed by atoms with Gasteiger partial charge >= 0.3 is 13.1 Å². The number of nitrogens with zero attached hydrogens (tertiary/aromatic N) is 1. The van der Waals surface area contributed by atoms with Gasteiger partial charge in [0.2, 0.25) is 0 Å². The maximum absolute atomic E-state index is 12.1. The lowest BCUT2D eigenvalue weighted by molar-refractivity contribution is 0.00578. The topological polar surface area (TPSA) is 49.7 Å². The molecule has 0 atom stereocenters. The van der Waals surface area contributed by atoms with E-state index in [1.165, 1.54) is 50.2 Å². The van der Waals surface area contributed by atoms with Gasteiger partial charge < -0.3 is 18.6 Å². The van der Waals surface area contributed by atoms with E-state index in [2.05, 4.69) is 45.4 Å². The molecule has 4 rings (SSSR count). The quantitative estimate of drug-likeness (QED) is 0.490. The zero-order chi connectivity index (χ0) is 23.0. The number of benzene rings is 1. The van der Waals surface area contributed by atoms with Crippen LogP contribution < -0.4 is 5.59 Å². The first-order valence-electron chi connectivity index (χ1n) is 11.7. The average molecular weight is 427 g/mol. The Balaban J connectivity index is 0.00000132. The normalized spacial score (nSPS) is 20.5. The Kier molecular flexibility index (Phi) is 6.92. The summed E-state index contributed by atoms with van der Waals surface area (Å²) >= 11 is 0. The molecule has 31 heavy (non-hydrogen) atoms. The molecule has 2 heterocycles. The molecule has 0 unspecified atom stereocenters. The van der Waals surface area contributed by atoms with Gasteiger partial charge in [-0.05, 0) is 64.2 Å². The highest BCUT2D eigenvalue weighted by Crippen LogP contribution is 2.41. The Morgan fingerprint density at radius 2 is 1.65 bits per heavy atom. The van der Waals surface area contributed by atoms with Crippen molar-refractivity contribution in [3.05, 3.63) is 29.3 Å². The molecule has 2 aliphatic rings. The van der Waals surface area contributed by atoms with Crippen LogP contribution in [-0.4, -0.2) is 36.0 Å². The molecule has 2 fully saturated rings. The Morgan fingerprint density at radius 1 is 1.06 bits per heavy atom. The van der Waals surface area contributed by atoms with Crippen molar-refractivity contribution < 1.29 is 18.8 Å². The number of fused-ring (bicyclic) bond motifs is 1. The maximum atomic E-state index is 12.1. The zero-order valence-corrected chi connectivity index (χ0v) is 20.5. The van der Waals surface area contributed by atoms with Crippen LogP contribution in [-0.2, 0) is 21.1 Å². The fourth-order valence-corrected chi connectivity index (χ4v) is 4.79. The number of hydrogen-bond donors (Lipinski definition) is 0. The third-order valence-electron chi connectivity index (χ3n) is 7.20. The van der Waals surface area contributed by atoms with Crippen LogP contribution in [0.4, 0.5) is 0 Å². The summed E-state index contributed by atoms with van der Waals surface area (Å²) in [5.41, 5.74) is 3.23. The number of rotatable bonds is 3. The van der Waals surface area contributed by atoms with Gasteiger partial charge in [-0.25, -0.2) is 4.79 Å². The Hall–Kier alpha value is -1.79. The number of hydrogen-bond acceptors (Lipinski definition) is 4. The molecule has 1 aliphatic carbocycles. The molecule has 0 bridgehead atoms. The van der Waals surface area contributed by atoms with Crippen LogP contribution >= 0.6 is 0 Å². The van der Waals surface area contributed by atoms with Gasteiger partial charge in [0.1, 0.15) is 0 Å². The number of carbonyl (C=O) groups excluding carboxylic acids is 1. The number of esters is 1. The molecule has 1 aromatic heterocycles. The molecule has 0 spiro atoms. The summed E-state index contributed by atoms with van der Waals surface area (Å²) in [6.07, 6.45) is 6.18. The molecule has 1 aromatic carbocycles. The highest BCUT2D eigenvalue weighted by atomic mass is 16.7. The van der Waals surface area contributed by atoms with Gasteiger partial charge in [0.25, 0.3) is 0 Å². The minimum Gasteiger partial charge on any atom is -0.465 e. The van der Waals surface area contributed by atoms with Crippen molar-refractivity contribution in [1.82, 2.24) is 4.57 Å². The predicted molar refractivity (Wildman–Crippen MR) is 127 cm³/mol. The van der Waals surface area contributed by atoms with Crippen molar-refractivity contribution in [2.75, 3.05) is 7.11 Å². The smallest absolute Gasteiger partial charge is 0.465 e. The number of methoxy groups -OCH3 is 1. The number of aromatic nitrogens is 1. The van der Waals surface area contributed by atoms with Crippen LogP contribution in [0.1, 0.15) is 95.5 Å². The Labute approximate surface area is 187 Å². The van der Waals surface area contributed by atoms with Gasteiger partial charge in [0.05, 0.1) is 29.5 Å². The van der Waals surface area contributed by atoms with Crippen LogP contribution in [0.25, 0.3) is 10.9 Å². The van der Waals surface area contributed by atoms with Crippen molar-refractivity contribution in [3.63, 3.8) is 0 Å². The van der Waals surface area contributed by atoms with E-state index >= 15 is 0 Å². The van der Waals surface area contributed by atoms with E-state index in [-0.39, 0.29) is 5.97 Å². The summed E-state index contributed by atoms with van der Waals surface area (Å²) in [5.74, 6) is 0.176. The van der Waals surface area contributed by atoms with Crippen molar-refractivity contribution in [1.29, 1.82) is 0 Å². The van der Waals surface area contributed by atoms with E-state index in [9.17, 15) is 4.79 Å². The van der Waals surface area contributed by atoms with Crippen molar-refractivity contribution in [2.45, 2.75) is 90.8 Å². The maximum Gasteiger partial charge on any atom is 0.512 e. The molecule has 6 heteroatoms. The molecular weight excluding hydrogens is 389 g/mol. The molecule has 1 saturated carbocycles. The summed E-state index contributed by atoms with van der Waals surface area (Å²) in [6.45, 7) is 12.4. The van der Waals surface area contributed by atoms with E-state index in [0.29, 0.717) is 11.5 Å². The first-order valence-corrected chi connectivity index (χ1v) is 11.7. The minimum atomic E-state index is -0.420. The van der Waals surface area contributed by atoms with E-state index in [0.717, 1.165) is 11.1 Å². The Bertz CT molecular complexity index is 925. The third kappa shape index (κ3) is 4.17. The lowest BCUT2D eigenvalue weighted by Gasteiger charge is -2.32. The average Bonchev–Trinajstić information content (AvgIpc) is 3.17. The summed E-state index contributed by atoms with van der Waals surface area (Å²) in [4.78, 5) is 12.1. The molecule has 0 N–H and O–H groups in total. The van der Waals surface area contributed by atoms with Crippen LogP contribution in [0.2, 0.25) is 0 Å². The number of ether oxygens (including phenoxy) is 1.